The molecule has 1 rings (SSSR count). The van der Waals surface area contributed by atoms with Gasteiger partial charge in [0.25, 0.3) is 10.0 Å². The zero-order valence-corrected chi connectivity index (χ0v) is 12.2. The Kier molecular flexibility index (Phi) is 5.64. The van der Waals surface area contributed by atoms with E-state index in [1.54, 1.807) is 0 Å². The Bertz CT molecular complexity index is 548. The fraction of sp³-hybridized carbons (Fsp3) is 0.111. The van der Waals surface area contributed by atoms with Gasteiger partial charge in [-0.2, -0.15) is 13.7 Å². The molecule has 0 heterocycles. The number of rotatable bonds is 2. The molecule has 0 saturated heterocycles. The van der Waals surface area contributed by atoms with Crippen molar-refractivity contribution < 1.29 is 13.2 Å². The van der Waals surface area contributed by atoms with E-state index in [9.17, 15) is 13.2 Å². The number of carbonyl (C=O) groups excluding carboxylic acids is 1. The van der Waals surface area contributed by atoms with Crippen molar-refractivity contribution in [2.45, 2.75) is 11.8 Å². The van der Waals surface area contributed by atoms with Crippen LogP contribution in [-0.2, 0) is 14.8 Å². The van der Waals surface area contributed by atoms with Gasteiger partial charge in [-0.05, 0) is 24.3 Å². The topological polar surface area (TPSA) is 104 Å². The van der Waals surface area contributed by atoms with Crippen LogP contribution in [0.25, 0.3) is 0 Å². The Balaban J connectivity index is 0.00000256. The molecule has 0 aliphatic carbocycles. The first-order chi connectivity index (χ1) is 7.39. The number of sulfonamides is 1. The Morgan fingerprint density at radius 1 is 1.35 bits per heavy atom. The summed E-state index contributed by atoms with van der Waals surface area (Å²) < 4.78 is 23.6. The molecule has 1 aromatic carbocycles. The smallest absolute Gasteiger partial charge is 0.279 e. The summed E-state index contributed by atoms with van der Waals surface area (Å²) in [5.74, 6) is -0.862. The summed E-state index contributed by atoms with van der Waals surface area (Å²) in [5.41, 5.74) is 5.79. The van der Waals surface area contributed by atoms with Gasteiger partial charge in [0.05, 0.1) is 4.90 Å². The number of nitrogens with zero attached hydrogens (tertiary/aromatic N) is 2. The second kappa shape index (κ2) is 6.02. The van der Waals surface area contributed by atoms with E-state index in [2.05, 4.69) is 0 Å². The fourth-order valence-corrected chi connectivity index (χ4v) is 2.18. The molecule has 0 aliphatic heterocycles. The number of carbonyl (C=O) groups is 1. The van der Waals surface area contributed by atoms with Crippen LogP contribution in [0.1, 0.15) is 6.92 Å². The van der Waals surface area contributed by atoms with Crippen molar-refractivity contribution >= 4 is 51.2 Å². The molecule has 0 spiro atoms. The quantitative estimate of drug-likeness (QED) is 0.347. The molecule has 0 atom stereocenters. The summed E-state index contributed by atoms with van der Waals surface area (Å²) in [6, 6.07) is 5.22. The second-order valence-electron chi connectivity index (χ2n) is 2.96. The van der Waals surface area contributed by atoms with Crippen LogP contribution in [0, 0.1) is 11.5 Å². The van der Waals surface area contributed by atoms with Crippen molar-refractivity contribution in [2.24, 2.45) is 0 Å². The third-order valence-corrected chi connectivity index (χ3v) is 3.48. The minimum Gasteiger partial charge on any atom is -0.399 e. The molecule has 0 aromatic heterocycles. The maximum absolute atomic E-state index is 11.8. The van der Waals surface area contributed by atoms with Gasteiger partial charge in [-0.25, -0.2) is 0 Å². The van der Waals surface area contributed by atoms with E-state index in [0.717, 1.165) is 6.92 Å². The van der Waals surface area contributed by atoms with Crippen molar-refractivity contribution in [3.8, 4) is 6.19 Å². The molecule has 0 saturated carbocycles. The molecule has 17 heavy (non-hydrogen) atoms. The summed E-state index contributed by atoms with van der Waals surface area (Å²) in [5, 5.41) is 8.60. The minimum absolute atomic E-state index is 0. The van der Waals surface area contributed by atoms with Crippen LogP contribution in [0.15, 0.2) is 29.2 Å². The van der Waals surface area contributed by atoms with E-state index in [-0.39, 0.29) is 38.8 Å². The average molecular weight is 262 g/mol. The van der Waals surface area contributed by atoms with Gasteiger partial charge in [0, 0.05) is 42.2 Å². The van der Waals surface area contributed by atoms with E-state index in [0.29, 0.717) is 5.69 Å². The molecule has 0 aliphatic rings. The molecular formula is C9H9N3NaO3S. The SMILES string of the molecule is CC(=O)N(C#N)S(=O)(=O)c1ccc(N)cc1.[Na]. The van der Waals surface area contributed by atoms with Gasteiger partial charge in [-0.1, -0.05) is 0 Å². The van der Waals surface area contributed by atoms with Gasteiger partial charge in [0.15, 0.2) is 0 Å². The molecule has 6 nitrogen and oxygen atoms in total. The van der Waals surface area contributed by atoms with Crippen LogP contribution in [0.2, 0.25) is 0 Å². The van der Waals surface area contributed by atoms with Crippen LogP contribution in [0.5, 0.6) is 0 Å². The first-order valence-electron chi connectivity index (χ1n) is 4.21. The van der Waals surface area contributed by atoms with Gasteiger partial charge in [-0.15, -0.1) is 4.31 Å². The zero-order chi connectivity index (χ0) is 12.3. The Hall–Kier alpha value is -1.07. The van der Waals surface area contributed by atoms with Crippen molar-refractivity contribution in [3.05, 3.63) is 24.3 Å². The third kappa shape index (κ3) is 3.44. The standard InChI is InChI=1S/C9H9N3O3S.Na/c1-7(13)12(6-10)16(14,15)9-4-2-8(11)3-5-9;/h2-5H,11H2,1H3;. The number of anilines is 1. The molecule has 2 N–H and O–H groups in total. The summed E-state index contributed by atoms with van der Waals surface area (Å²) in [7, 11) is -4.10. The monoisotopic (exact) mass is 262 g/mol. The van der Waals surface area contributed by atoms with Gasteiger partial charge in [0.1, 0.15) is 0 Å². The number of benzene rings is 1. The van der Waals surface area contributed by atoms with Crippen molar-refractivity contribution in [3.63, 3.8) is 0 Å². The van der Waals surface area contributed by atoms with Gasteiger partial charge >= 0.3 is 0 Å². The molecule has 1 radical (unpaired) electrons. The molecule has 0 fully saturated rings. The summed E-state index contributed by atoms with van der Waals surface area (Å²) in [6.07, 6.45) is 1.32. The number of nitrogens with two attached hydrogens (primary N) is 1. The van der Waals surface area contributed by atoms with Crippen LogP contribution < -0.4 is 5.73 Å². The number of hydrogen-bond acceptors (Lipinski definition) is 5. The zero-order valence-electron chi connectivity index (χ0n) is 9.41. The number of nitrogen functional groups attached to an aromatic ring is 1. The van der Waals surface area contributed by atoms with Crippen LogP contribution in [-0.4, -0.2) is 48.2 Å². The van der Waals surface area contributed by atoms with E-state index in [4.69, 9.17) is 11.0 Å². The number of nitriles is 1. The molecule has 8 heteroatoms. The third-order valence-electron chi connectivity index (χ3n) is 1.80. The minimum atomic E-state index is -4.10. The van der Waals surface area contributed by atoms with Crippen LogP contribution in [0.3, 0.4) is 0 Å². The van der Waals surface area contributed by atoms with E-state index < -0.39 is 15.9 Å². The first kappa shape index (κ1) is 15.9. The number of hydrogen-bond donors (Lipinski definition) is 1. The molecule has 1 amide bonds. The van der Waals surface area contributed by atoms with Crippen molar-refractivity contribution in [1.82, 2.24) is 4.31 Å². The van der Waals surface area contributed by atoms with Crippen molar-refractivity contribution in [1.29, 1.82) is 5.26 Å². The van der Waals surface area contributed by atoms with Gasteiger partial charge < -0.3 is 5.73 Å². The molecular weight excluding hydrogens is 253 g/mol. The predicted molar refractivity (Wildman–Crippen MR) is 61.9 cm³/mol. The maximum atomic E-state index is 11.8. The summed E-state index contributed by atoms with van der Waals surface area (Å²) in [4.78, 5) is 10.8. The number of amides is 1. The molecule has 0 bridgehead atoms. The van der Waals surface area contributed by atoms with E-state index in [1.165, 1.54) is 30.5 Å². The Morgan fingerprint density at radius 3 is 2.18 bits per heavy atom. The second-order valence-corrected chi connectivity index (χ2v) is 4.74. The molecule has 85 valence electrons. The predicted octanol–water partition coefficient (Wildman–Crippen LogP) is -0.0937. The Labute approximate surface area is 121 Å². The average Bonchev–Trinajstić information content (AvgIpc) is 2.18. The molecule has 0 unspecified atom stereocenters. The summed E-state index contributed by atoms with van der Waals surface area (Å²) >= 11 is 0. The van der Waals surface area contributed by atoms with Crippen LogP contribution >= 0.6 is 0 Å². The fourth-order valence-electron chi connectivity index (χ4n) is 1.04. The largest absolute Gasteiger partial charge is 0.399 e. The van der Waals surface area contributed by atoms with Crippen molar-refractivity contribution in [2.75, 3.05) is 5.73 Å². The maximum Gasteiger partial charge on any atom is 0.279 e. The molecule has 1 aromatic rings. The Morgan fingerprint density at radius 2 is 1.82 bits per heavy atom. The van der Waals surface area contributed by atoms with Crippen LogP contribution in [0.4, 0.5) is 5.69 Å². The summed E-state index contributed by atoms with van der Waals surface area (Å²) in [6.45, 7) is 0.998. The normalized spacial score (nSPS) is 9.88. The van der Waals surface area contributed by atoms with Gasteiger partial charge in [-0.3, -0.25) is 4.79 Å². The van der Waals surface area contributed by atoms with E-state index >= 15 is 0 Å². The van der Waals surface area contributed by atoms with Gasteiger partial charge in [0.2, 0.25) is 12.1 Å². The first-order valence-corrected chi connectivity index (χ1v) is 5.65. The van der Waals surface area contributed by atoms with E-state index in [1.807, 2.05) is 0 Å².